The number of pyridine rings is 1. The molecule has 1 radical (unpaired) electrons. The van der Waals surface area contributed by atoms with Crippen LogP contribution in [0.25, 0.3) is 11.4 Å². The van der Waals surface area contributed by atoms with Crippen molar-refractivity contribution in [2.45, 2.75) is 13.3 Å². The van der Waals surface area contributed by atoms with Gasteiger partial charge in [-0.2, -0.15) is 0 Å². The molecular formula is C15H14N5. The number of nitrogens with zero attached hydrogens (tertiary/aromatic N) is 4. The lowest BCUT2D eigenvalue weighted by molar-refractivity contribution is 0.881. The van der Waals surface area contributed by atoms with Crippen LogP contribution in [0.4, 0.5) is 0 Å². The van der Waals surface area contributed by atoms with Gasteiger partial charge in [-0.05, 0) is 59.5 Å². The SMILES string of the molecule is Cc1cc([CH]Cc2cccnc2)cc(-c2nnn[nH]2)c1. The molecule has 3 aromatic rings. The number of benzene rings is 1. The van der Waals surface area contributed by atoms with E-state index in [9.17, 15) is 0 Å². The Balaban J connectivity index is 1.80. The summed E-state index contributed by atoms with van der Waals surface area (Å²) in [5.74, 6) is 0.685. The summed E-state index contributed by atoms with van der Waals surface area (Å²) < 4.78 is 0. The number of hydrogen-bond acceptors (Lipinski definition) is 4. The fraction of sp³-hybridized carbons (Fsp3) is 0.133. The Labute approximate surface area is 117 Å². The molecule has 0 atom stereocenters. The van der Waals surface area contributed by atoms with Crippen LogP contribution in [-0.4, -0.2) is 25.6 Å². The highest BCUT2D eigenvalue weighted by Crippen LogP contribution is 2.20. The van der Waals surface area contributed by atoms with Gasteiger partial charge in [0, 0.05) is 18.0 Å². The zero-order valence-corrected chi connectivity index (χ0v) is 11.1. The molecule has 0 saturated heterocycles. The predicted molar refractivity (Wildman–Crippen MR) is 75.7 cm³/mol. The lowest BCUT2D eigenvalue weighted by atomic mass is 10.0. The quantitative estimate of drug-likeness (QED) is 0.785. The van der Waals surface area contributed by atoms with Gasteiger partial charge in [-0.3, -0.25) is 4.98 Å². The highest BCUT2D eigenvalue weighted by atomic mass is 15.5. The standard InChI is InChI=1S/C15H14N5/c1-11-7-13(5-4-12-3-2-6-16-10-12)9-14(8-11)15-17-19-20-18-15/h2-3,5-10H,4H2,1H3,(H,17,18,19,20). The Hall–Kier alpha value is -2.56. The van der Waals surface area contributed by atoms with Gasteiger partial charge in [-0.1, -0.05) is 17.7 Å². The van der Waals surface area contributed by atoms with Crippen LogP contribution >= 0.6 is 0 Å². The van der Waals surface area contributed by atoms with E-state index in [1.165, 1.54) is 11.1 Å². The van der Waals surface area contributed by atoms with E-state index < -0.39 is 0 Å². The summed E-state index contributed by atoms with van der Waals surface area (Å²) in [4.78, 5) is 4.12. The third-order valence-corrected chi connectivity index (χ3v) is 3.01. The molecule has 5 nitrogen and oxygen atoms in total. The van der Waals surface area contributed by atoms with E-state index in [-0.39, 0.29) is 0 Å². The maximum atomic E-state index is 4.12. The summed E-state index contributed by atoms with van der Waals surface area (Å²) in [6.45, 7) is 2.06. The molecule has 0 aliphatic carbocycles. The summed E-state index contributed by atoms with van der Waals surface area (Å²) in [5.41, 5.74) is 4.51. The second kappa shape index (κ2) is 5.61. The largest absolute Gasteiger partial charge is 0.264 e. The molecule has 5 heteroatoms. The average molecular weight is 264 g/mol. The average Bonchev–Trinajstić information content (AvgIpc) is 3.00. The molecule has 0 fully saturated rings. The molecule has 99 valence electrons. The Morgan fingerprint density at radius 2 is 2.20 bits per heavy atom. The van der Waals surface area contributed by atoms with Crippen molar-refractivity contribution in [2.24, 2.45) is 0 Å². The van der Waals surface area contributed by atoms with Crippen LogP contribution in [0.1, 0.15) is 16.7 Å². The summed E-state index contributed by atoms with van der Waals surface area (Å²) >= 11 is 0. The number of hydrogen-bond donors (Lipinski definition) is 1. The smallest absolute Gasteiger partial charge is 0.179 e. The summed E-state index contributed by atoms with van der Waals surface area (Å²) in [5, 5.41) is 14.0. The highest BCUT2D eigenvalue weighted by molar-refractivity contribution is 5.57. The van der Waals surface area contributed by atoms with Gasteiger partial charge in [0.25, 0.3) is 0 Å². The van der Waals surface area contributed by atoms with Crippen LogP contribution < -0.4 is 0 Å². The van der Waals surface area contributed by atoms with Gasteiger partial charge < -0.3 is 0 Å². The summed E-state index contributed by atoms with van der Waals surface area (Å²) in [6.07, 6.45) is 6.70. The van der Waals surface area contributed by atoms with Gasteiger partial charge in [-0.25, -0.2) is 5.10 Å². The Kier molecular flexibility index (Phi) is 3.50. The van der Waals surface area contributed by atoms with E-state index in [2.05, 4.69) is 63.2 Å². The molecule has 0 aliphatic heterocycles. The fourth-order valence-corrected chi connectivity index (χ4v) is 2.10. The molecule has 0 unspecified atom stereocenters. The minimum absolute atomic E-state index is 0.685. The highest BCUT2D eigenvalue weighted by Gasteiger charge is 2.05. The lowest BCUT2D eigenvalue weighted by Gasteiger charge is -2.05. The van der Waals surface area contributed by atoms with Crippen molar-refractivity contribution in [3.8, 4) is 11.4 Å². The first-order valence-electron chi connectivity index (χ1n) is 6.39. The van der Waals surface area contributed by atoms with Crippen LogP contribution in [-0.2, 0) is 6.42 Å². The number of nitrogens with one attached hydrogen (secondary N) is 1. The number of aromatic nitrogens is 5. The zero-order valence-electron chi connectivity index (χ0n) is 11.1. The number of H-pyrrole nitrogens is 1. The Bertz CT molecular complexity index is 677. The Morgan fingerprint density at radius 1 is 1.25 bits per heavy atom. The fourth-order valence-electron chi connectivity index (χ4n) is 2.10. The number of tetrazole rings is 1. The van der Waals surface area contributed by atoms with Gasteiger partial charge in [0.15, 0.2) is 5.82 Å². The molecule has 0 aliphatic rings. The number of rotatable bonds is 4. The molecule has 0 bridgehead atoms. The van der Waals surface area contributed by atoms with Crippen LogP contribution in [0.3, 0.4) is 0 Å². The van der Waals surface area contributed by atoms with E-state index in [0.29, 0.717) is 5.82 Å². The lowest BCUT2D eigenvalue weighted by Crippen LogP contribution is -1.92. The number of aromatic amines is 1. The monoisotopic (exact) mass is 264 g/mol. The summed E-state index contributed by atoms with van der Waals surface area (Å²) in [6, 6.07) is 10.3. The first-order chi connectivity index (χ1) is 9.81. The first kappa shape index (κ1) is 12.5. The van der Waals surface area contributed by atoms with Crippen LogP contribution in [0.2, 0.25) is 0 Å². The van der Waals surface area contributed by atoms with Gasteiger partial charge >= 0.3 is 0 Å². The Morgan fingerprint density at radius 3 is 2.95 bits per heavy atom. The topological polar surface area (TPSA) is 67.3 Å². The van der Waals surface area contributed by atoms with Crippen LogP contribution in [0.5, 0.6) is 0 Å². The van der Waals surface area contributed by atoms with E-state index in [1.807, 2.05) is 12.3 Å². The van der Waals surface area contributed by atoms with E-state index in [0.717, 1.165) is 17.5 Å². The molecule has 3 rings (SSSR count). The minimum Gasteiger partial charge on any atom is -0.264 e. The molecule has 0 spiro atoms. The van der Waals surface area contributed by atoms with Crippen molar-refractivity contribution >= 4 is 0 Å². The van der Waals surface area contributed by atoms with Crippen molar-refractivity contribution in [2.75, 3.05) is 0 Å². The second-order valence-electron chi connectivity index (χ2n) is 4.65. The maximum absolute atomic E-state index is 4.12. The van der Waals surface area contributed by atoms with Crippen molar-refractivity contribution in [1.29, 1.82) is 0 Å². The molecule has 2 aromatic heterocycles. The van der Waals surface area contributed by atoms with Crippen LogP contribution in [0, 0.1) is 13.3 Å². The van der Waals surface area contributed by atoms with E-state index in [1.54, 1.807) is 6.20 Å². The van der Waals surface area contributed by atoms with Gasteiger partial charge in [0.05, 0.1) is 0 Å². The van der Waals surface area contributed by atoms with Gasteiger partial charge in [0.1, 0.15) is 0 Å². The van der Waals surface area contributed by atoms with Gasteiger partial charge in [-0.15, -0.1) is 5.10 Å². The third kappa shape index (κ3) is 2.88. The first-order valence-corrected chi connectivity index (χ1v) is 6.39. The van der Waals surface area contributed by atoms with Crippen molar-refractivity contribution in [3.63, 3.8) is 0 Å². The molecular weight excluding hydrogens is 250 g/mol. The molecule has 0 saturated carbocycles. The van der Waals surface area contributed by atoms with Crippen molar-refractivity contribution in [3.05, 3.63) is 65.8 Å². The van der Waals surface area contributed by atoms with Gasteiger partial charge in [0.2, 0.25) is 0 Å². The molecule has 1 aromatic carbocycles. The van der Waals surface area contributed by atoms with Crippen molar-refractivity contribution < 1.29 is 0 Å². The number of aryl methyl sites for hydroxylation is 1. The minimum atomic E-state index is 0.685. The predicted octanol–water partition coefficient (Wildman–Crippen LogP) is 2.37. The maximum Gasteiger partial charge on any atom is 0.179 e. The second-order valence-corrected chi connectivity index (χ2v) is 4.65. The molecule has 2 heterocycles. The normalized spacial score (nSPS) is 10.7. The zero-order chi connectivity index (χ0) is 13.8. The van der Waals surface area contributed by atoms with Crippen LogP contribution in [0.15, 0.2) is 42.7 Å². The third-order valence-electron chi connectivity index (χ3n) is 3.01. The van der Waals surface area contributed by atoms with E-state index in [4.69, 9.17) is 0 Å². The van der Waals surface area contributed by atoms with E-state index >= 15 is 0 Å². The summed E-state index contributed by atoms with van der Waals surface area (Å²) in [7, 11) is 0. The van der Waals surface area contributed by atoms with Crippen molar-refractivity contribution in [1.82, 2.24) is 25.6 Å². The molecule has 0 amide bonds. The molecule has 20 heavy (non-hydrogen) atoms. The molecule has 1 N–H and O–H groups in total.